The van der Waals surface area contributed by atoms with Crippen LogP contribution in [0.4, 0.5) is 0 Å². The van der Waals surface area contributed by atoms with E-state index in [1.807, 2.05) is 20.8 Å². The maximum atomic E-state index is 12.0. The average molecular weight is 280 g/mol. The first-order valence-electron chi connectivity index (χ1n) is 7.59. The average Bonchev–Trinajstić information content (AvgIpc) is 2.88. The Morgan fingerprint density at radius 1 is 1.35 bits per heavy atom. The normalized spacial score (nSPS) is 13.2. The predicted octanol–water partition coefficient (Wildman–Crippen LogP) is 3.05. The van der Waals surface area contributed by atoms with E-state index in [0.717, 1.165) is 18.7 Å². The maximum Gasteiger partial charge on any atom is 0.290 e. The molecule has 1 rings (SSSR count). The molecule has 1 aromatic heterocycles. The van der Waals surface area contributed by atoms with Crippen molar-refractivity contribution in [1.82, 2.24) is 20.5 Å². The summed E-state index contributed by atoms with van der Waals surface area (Å²) in [7, 11) is 0. The lowest BCUT2D eigenvalue weighted by Crippen LogP contribution is -2.30. The van der Waals surface area contributed by atoms with Crippen LogP contribution in [0.25, 0.3) is 0 Å². The Morgan fingerprint density at radius 3 is 2.55 bits per heavy atom. The summed E-state index contributed by atoms with van der Waals surface area (Å²) in [6.07, 6.45) is 4.65. The molecule has 0 aliphatic heterocycles. The van der Waals surface area contributed by atoms with Gasteiger partial charge in [-0.2, -0.15) is 0 Å². The van der Waals surface area contributed by atoms with Crippen molar-refractivity contribution in [3.63, 3.8) is 0 Å². The topological polar surface area (TPSA) is 70.7 Å². The van der Waals surface area contributed by atoms with Crippen molar-refractivity contribution in [2.24, 2.45) is 5.92 Å². The van der Waals surface area contributed by atoms with Gasteiger partial charge in [-0.1, -0.05) is 53.9 Å². The van der Waals surface area contributed by atoms with E-state index in [9.17, 15) is 4.79 Å². The first-order chi connectivity index (χ1) is 9.38. The standard InChI is InChI=1S/C15H28N4O/c1-6-8-9-11(7-2)10-16-13(20)12-17-14(19-18-12)15(3,4)5/h11H,6-10H2,1-5H3,(H,16,20)(H,17,18,19). The van der Waals surface area contributed by atoms with Gasteiger partial charge in [0.25, 0.3) is 5.91 Å². The van der Waals surface area contributed by atoms with E-state index >= 15 is 0 Å². The molecule has 0 spiro atoms. The van der Waals surface area contributed by atoms with E-state index in [4.69, 9.17) is 0 Å². The molecule has 2 N–H and O–H groups in total. The minimum absolute atomic E-state index is 0.126. The lowest BCUT2D eigenvalue weighted by molar-refractivity contribution is 0.0935. The largest absolute Gasteiger partial charge is 0.349 e. The summed E-state index contributed by atoms with van der Waals surface area (Å²) in [6.45, 7) is 11.2. The third-order valence-electron chi connectivity index (χ3n) is 3.49. The van der Waals surface area contributed by atoms with Gasteiger partial charge in [-0.05, 0) is 12.3 Å². The minimum Gasteiger partial charge on any atom is -0.349 e. The monoisotopic (exact) mass is 280 g/mol. The van der Waals surface area contributed by atoms with Crippen molar-refractivity contribution < 1.29 is 4.79 Å². The quantitative estimate of drug-likeness (QED) is 0.806. The number of aromatic nitrogens is 3. The summed E-state index contributed by atoms with van der Waals surface area (Å²) in [5, 5.41) is 9.78. The molecule has 5 nitrogen and oxygen atoms in total. The highest BCUT2D eigenvalue weighted by atomic mass is 16.2. The van der Waals surface area contributed by atoms with E-state index in [2.05, 4.69) is 34.3 Å². The molecule has 0 aliphatic rings. The summed E-state index contributed by atoms with van der Waals surface area (Å²) in [4.78, 5) is 16.3. The number of rotatable bonds is 7. The van der Waals surface area contributed by atoms with Crippen LogP contribution < -0.4 is 5.32 Å². The van der Waals surface area contributed by atoms with Crippen LogP contribution in [0.5, 0.6) is 0 Å². The molecule has 1 unspecified atom stereocenters. The first-order valence-corrected chi connectivity index (χ1v) is 7.59. The smallest absolute Gasteiger partial charge is 0.290 e. The zero-order chi connectivity index (χ0) is 15.2. The zero-order valence-electron chi connectivity index (χ0n) is 13.4. The van der Waals surface area contributed by atoms with Crippen LogP contribution >= 0.6 is 0 Å². The van der Waals surface area contributed by atoms with E-state index in [0.29, 0.717) is 12.5 Å². The number of hydrogen-bond donors (Lipinski definition) is 2. The van der Waals surface area contributed by atoms with Crippen molar-refractivity contribution >= 4 is 5.91 Å². The number of nitrogens with one attached hydrogen (secondary N) is 2. The molecule has 1 amide bonds. The van der Waals surface area contributed by atoms with Gasteiger partial charge in [0, 0.05) is 12.0 Å². The predicted molar refractivity (Wildman–Crippen MR) is 80.7 cm³/mol. The molecule has 114 valence electrons. The molecule has 0 saturated carbocycles. The molecule has 5 heteroatoms. The van der Waals surface area contributed by atoms with E-state index in [1.54, 1.807) is 0 Å². The number of carbonyl (C=O) groups excluding carboxylic acids is 1. The molecular weight excluding hydrogens is 252 g/mol. The van der Waals surface area contributed by atoms with Crippen molar-refractivity contribution in [2.45, 2.75) is 65.7 Å². The summed E-state index contributed by atoms with van der Waals surface area (Å²) in [5.41, 5.74) is -0.126. The third-order valence-corrected chi connectivity index (χ3v) is 3.49. The van der Waals surface area contributed by atoms with E-state index in [1.165, 1.54) is 12.8 Å². The minimum atomic E-state index is -0.188. The lowest BCUT2D eigenvalue weighted by atomic mass is 9.96. The molecule has 1 aromatic rings. The van der Waals surface area contributed by atoms with Gasteiger partial charge < -0.3 is 5.32 Å². The van der Waals surface area contributed by atoms with Gasteiger partial charge in [-0.3, -0.25) is 9.89 Å². The van der Waals surface area contributed by atoms with Crippen LogP contribution in [-0.2, 0) is 5.41 Å². The van der Waals surface area contributed by atoms with Gasteiger partial charge >= 0.3 is 0 Å². The molecule has 1 heterocycles. The van der Waals surface area contributed by atoms with Gasteiger partial charge in [0.2, 0.25) is 5.82 Å². The molecule has 20 heavy (non-hydrogen) atoms. The first kappa shape index (κ1) is 16.7. The highest BCUT2D eigenvalue weighted by Crippen LogP contribution is 2.17. The highest BCUT2D eigenvalue weighted by Gasteiger charge is 2.21. The number of hydrogen-bond acceptors (Lipinski definition) is 3. The van der Waals surface area contributed by atoms with Crippen LogP contribution in [-0.4, -0.2) is 27.6 Å². The van der Waals surface area contributed by atoms with Crippen molar-refractivity contribution in [3.05, 3.63) is 11.6 Å². The van der Waals surface area contributed by atoms with Crippen molar-refractivity contribution in [2.75, 3.05) is 6.54 Å². The Morgan fingerprint density at radius 2 is 2.05 bits per heavy atom. The fraction of sp³-hybridized carbons (Fsp3) is 0.800. The van der Waals surface area contributed by atoms with Crippen LogP contribution in [0.3, 0.4) is 0 Å². The van der Waals surface area contributed by atoms with Crippen LogP contribution in [0, 0.1) is 5.92 Å². The molecule has 0 bridgehead atoms. The fourth-order valence-electron chi connectivity index (χ4n) is 1.96. The molecule has 1 atom stereocenters. The number of unbranched alkanes of at least 4 members (excludes halogenated alkanes) is 1. The molecule has 0 aromatic carbocycles. The van der Waals surface area contributed by atoms with Crippen LogP contribution in [0.15, 0.2) is 0 Å². The SMILES string of the molecule is CCCCC(CC)CNC(=O)c1n[nH]c(C(C)(C)C)n1. The van der Waals surface area contributed by atoms with Gasteiger partial charge in [-0.15, -0.1) is 5.10 Å². The van der Waals surface area contributed by atoms with Crippen LogP contribution in [0.1, 0.15) is 76.7 Å². The number of amides is 1. The third kappa shape index (κ3) is 4.94. The Kier molecular flexibility index (Phi) is 6.17. The summed E-state index contributed by atoms with van der Waals surface area (Å²) < 4.78 is 0. The second-order valence-electron chi connectivity index (χ2n) is 6.38. The van der Waals surface area contributed by atoms with E-state index < -0.39 is 0 Å². The Bertz CT molecular complexity index is 420. The molecule has 0 saturated heterocycles. The summed E-state index contributed by atoms with van der Waals surface area (Å²) in [5.74, 6) is 1.33. The summed E-state index contributed by atoms with van der Waals surface area (Å²) >= 11 is 0. The van der Waals surface area contributed by atoms with Gasteiger partial charge in [0.05, 0.1) is 0 Å². The van der Waals surface area contributed by atoms with Crippen molar-refractivity contribution in [3.8, 4) is 0 Å². The molecular formula is C15H28N4O. The second-order valence-corrected chi connectivity index (χ2v) is 6.38. The van der Waals surface area contributed by atoms with Crippen LogP contribution in [0.2, 0.25) is 0 Å². The number of nitrogens with zero attached hydrogens (tertiary/aromatic N) is 2. The zero-order valence-corrected chi connectivity index (χ0v) is 13.4. The Hall–Kier alpha value is -1.39. The summed E-state index contributed by atoms with van der Waals surface area (Å²) in [6, 6.07) is 0. The molecule has 0 aliphatic carbocycles. The fourth-order valence-corrected chi connectivity index (χ4v) is 1.96. The molecule has 0 radical (unpaired) electrons. The number of H-pyrrole nitrogens is 1. The highest BCUT2D eigenvalue weighted by molar-refractivity contribution is 5.90. The van der Waals surface area contributed by atoms with Gasteiger partial charge in [0.15, 0.2) is 0 Å². The lowest BCUT2D eigenvalue weighted by Gasteiger charge is -2.14. The number of aromatic amines is 1. The molecule has 0 fully saturated rings. The van der Waals surface area contributed by atoms with Gasteiger partial charge in [0.1, 0.15) is 5.82 Å². The Labute approximate surface area is 122 Å². The van der Waals surface area contributed by atoms with Gasteiger partial charge in [-0.25, -0.2) is 4.98 Å². The second kappa shape index (κ2) is 7.41. The number of carbonyl (C=O) groups is 1. The van der Waals surface area contributed by atoms with E-state index in [-0.39, 0.29) is 17.1 Å². The van der Waals surface area contributed by atoms with Crippen molar-refractivity contribution in [1.29, 1.82) is 0 Å². The Balaban J connectivity index is 2.52. The maximum absolute atomic E-state index is 12.0.